The van der Waals surface area contributed by atoms with E-state index in [1.54, 1.807) is 41.9 Å². The van der Waals surface area contributed by atoms with Crippen molar-refractivity contribution in [2.45, 2.75) is 42.8 Å². The smallest absolute Gasteiger partial charge is 0.252 e. The number of halogens is 1. The molecule has 0 saturated heterocycles. The molecule has 3 aromatic rings. The molecule has 0 bridgehead atoms. The number of amides is 1. The number of fused-ring (bicyclic) bond motifs is 1. The number of alkyl halides is 1. The molecule has 1 fully saturated rings. The normalized spacial score (nSPS) is 21.8. The van der Waals surface area contributed by atoms with Gasteiger partial charge in [0.2, 0.25) is 0 Å². The van der Waals surface area contributed by atoms with Gasteiger partial charge in [0.25, 0.3) is 5.91 Å². The molecule has 1 amide bonds. The van der Waals surface area contributed by atoms with E-state index in [0.29, 0.717) is 35.2 Å². The molecule has 1 aliphatic carbocycles. The van der Waals surface area contributed by atoms with Crippen LogP contribution >= 0.6 is 0 Å². The first-order chi connectivity index (χ1) is 14.1. The summed E-state index contributed by atoms with van der Waals surface area (Å²) in [7, 11) is -3.36. The van der Waals surface area contributed by atoms with Crippen molar-refractivity contribution in [1.29, 1.82) is 0 Å². The SMILES string of the molecule is CC1(F)CCCC1Nc1c(C(N)=O)cnn2cc(-c3cccc(S(C)(=O)=O)c3)cc12. The van der Waals surface area contributed by atoms with Gasteiger partial charge < -0.3 is 11.1 Å². The quantitative estimate of drug-likeness (QED) is 0.647. The number of nitrogens with zero attached hydrogens (tertiary/aromatic N) is 2. The summed E-state index contributed by atoms with van der Waals surface area (Å²) in [6.07, 6.45) is 6.09. The van der Waals surface area contributed by atoms with Crippen LogP contribution in [0.25, 0.3) is 16.6 Å². The average molecular weight is 431 g/mol. The van der Waals surface area contributed by atoms with E-state index < -0.39 is 27.5 Å². The van der Waals surface area contributed by atoms with Gasteiger partial charge in [-0.25, -0.2) is 17.3 Å². The van der Waals surface area contributed by atoms with Crippen LogP contribution in [0.2, 0.25) is 0 Å². The van der Waals surface area contributed by atoms with Gasteiger partial charge in [0.05, 0.1) is 33.9 Å². The molecule has 0 aliphatic heterocycles. The molecule has 158 valence electrons. The number of anilines is 1. The Morgan fingerprint density at radius 2 is 2.10 bits per heavy atom. The number of hydrogen-bond donors (Lipinski definition) is 2. The van der Waals surface area contributed by atoms with Crippen molar-refractivity contribution in [1.82, 2.24) is 9.61 Å². The maximum Gasteiger partial charge on any atom is 0.252 e. The average Bonchev–Trinajstić information content (AvgIpc) is 3.24. The molecule has 9 heteroatoms. The summed E-state index contributed by atoms with van der Waals surface area (Å²) in [6, 6.07) is 7.92. The van der Waals surface area contributed by atoms with Crippen molar-refractivity contribution in [2.24, 2.45) is 5.73 Å². The predicted molar refractivity (Wildman–Crippen MR) is 113 cm³/mol. The zero-order valence-electron chi connectivity index (χ0n) is 16.7. The third-order valence-corrected chi connectivity index (χ3v) is 6.81. The van der Waals surface area contributed by atoms with Crippen molar-refractivity contribution in [3.8, 4) is 11.1 Å². The molecular weight excluding hydrogens is 407 g/mol. The Balaban J connectivity index is 1.84. The largest absolute Gasteiger partial charge is 0.377 e. The van der Waals surface area contributed by atoms with E-state index in [-0.39, 0.29) is 10.5 Å². The summed E-state index contributed by atoms with van der Waals surface area (Å²) in [6.45, 7) is 1.56. The van der Waals surface area contributed by atoms with Crippen LogP contribution in [0.5, 0.6) is 0 Å². The van der Waals surface area contributed by atoms with Crippen molar-refractivity contribution < 1.29 is 17.6 Å². The monoisotopic (exact) mass is 430 g/mol. The molecule has 2 aromatic heterocycles. The number of nitrogens with two attached hydrogens (primary N) is 1. The first kappa shape index (κ1) is 20.3. The van der Waals surface area contributed by atoms with Crippen LogP contribution in [0.4, 0.5) is 10.1 Å². The Hall–Kier alpha value is -2.94. The number of hydrogen-bond acceptors (Lipinski definition) is 5. The standard InChI is InChI=1S/C21H23FN4O3S/c1-21(22)8-4-7-18(21)25-19-16(20(23)27)11-24-26-12-14(10-17(19)26)13-5-3-6-15(9-13)30(2,28)29/h3,5-6,9-12,18,25H,4,7-8H2,1-2H3,(H2,23,27). The van der Waals surface area contributed by atoms with Gasteiger partial charge in [-0.1, -0.05) is 12.1 Å². The number of primary amides is 1. The third kappa shape index (κ3) is 3.65. The lowest BCUT2D eigenvalue weighted by Gasteiger charge is -2.26. The fourth-order valence-corrected chi connectivity index (χ4v) is 4.65. The molecule has 0 spiro atoms. The second-order valence-electron chi connectivity index (χ2n) is 8.02. The van der Waals surface area contributed by atoms with Gasteiger partial charge in [-0.15, -0.1) is 0 Å². The van der Waals surface area contributed by atoms with Crippen LogP contribution in [0.3, 0.4) is 0 Å². The first-order valence-electron chi connectivity index (χ1n) is 9.63. The van der Waals surface area contributed by atoms with Gasteiger partial charge in [-0.3, -0.25) is 4.79 Å². The Morgan fingerprint density at radius 3 is 2.73 bits per heavy atom. The molecule has 0 radical (unpaired) electrons. The fourth-order valence-electron chi connectivity index (χ4n) is 3.98. The molecule has 30 heavy (non-hydrogen) atoms. The summed E-state index contributed by atoms with van der Waals surface area (Å²) in [5.41, 5.74) is 6.72. The second-order valence-corrected chi connectivity index (χ2v) is 10.0. The van der Waals surface area contributed by atoms with Gasteiger partial charge in [-0.05, 0) is 49.9 Å². The highest BCUT2D eigenvalue weighted by atomic mass is 32.2. The van der Waals surface area contributed by atoms with Gasteiger partial charge in [-0.2, -0.15) is 5.10 Å². The lowest BCUT2D eigenvalue weighted by Crippen LogP contribution is -2.36. The minimum atomic E-state index is -3.36. The number of benzene rings is 1. The Labute approximate surface area is 174 Å². The van der Waals surface area contributed by atoms with E-state index >= 15 is 0 Å². The van der Waals surface area contributed by atoms with E-state index in [4.69, 9.17) is 5.73 Å². The Bertz CT molecular complexity index is 1250. The fraction of sp³-hybridized carbons (Fsp3) is 0.333. The second kappa shape index (κ2) is 7.09. The van der Waals surface area contributed by atoms with Crippen LogP contribution in [-0.4, -0.2) is 41.9 Å². The van der Waals surface area contributed by atoms with E-state index in [1.165, 1.54) is 12.3 Å². The third-order valence-electron chi connectivity index (χ3n) is 5.70. The molecule has 3 N–H and O–H groups in total. The Morgan fingerprint density at radius 1 is 1.33 bits per heavy atom. The van der Waals surface area contributed by atoms with Gasteiger partial charge in [0, 0.05) is 18.0 Å². The minimum absolute atomic E-state index is 0.180. The van der Waals surface area contributed by atoms with Crippen LogP contribution in [-0.2, 0) is 9.84 Å². The van der Waals surface area contributed by atoms with E-state index in [1.807, 2.05) is 0 Å². The zero-order chi connectivity index (χ0) is 21.7. The van der Waals surface area contributed by atoms with E-state index in [9.17, 15) is 17.6 Å². The van der Waals surface area contributed by atoms with Crippen LogP contribution in [0.1, 0.15) is 36.5 Å². The highest BCUT2D eigenvalue weighted by molar-refractivity contribution is 7.90. The predicted octanol–water partition coefficient (Wildman–Crippen LogP) is 3.20. The molecular formula is C21H23FN4O3S. The lowest BCUT2D eigenvalue weighted by atomic mass is 10.0. The topological polar surface area (TPSA) is 107 Å². The van der Waals surface area contributed by atoms with Crippen LogP contribution in [0.15, 0.2) is 47.6 Å². The summed E-state index contributed by atoms with van der Waals surface area (Å²) < 4.78 is 40.2. The highest BCUT2D eigenvalue weighted by Crippen LogP contribution is 2.37. The van der Waals surface area contributed by atoms with E-state index in [0.717, 1.165) is 12.7 Å². The molecule has 7 nitrogen and oxygen atoms in total. The van der Waals surface area contributed by atoms with Crippen molar-refractivity contribution in [2.75, 3.05) is 11.6 Å². The van der Waals surface area contributed by atoms with Crippen LogP contribution in [0, 0.1) is 0 Å². The summed E-state index contributed by atoms with van der Waals surface area (Å²) >= 11 is 0. The number of carbonyl (C=O) groups is 1. The molecule has 1 aliphatic rings. The molecule has 2 atom stereocenters. The summed E-state index contributed by atoms with van der Waals surface area (Å²) in [5.74, 6) is -0.659. The van der Waals surface area contributed by atoms with Crippen molar-refractivity contribution in [3.05, 3.63) is 48.3 Å². The molecule has 1 aromatic carbocycles. The first-order valence-corrected chi connectivity index (χ1v) is 11.5. The van der Waals surface area contributed by atoms with E-state index in [2.05, 4.69) is 10.4 Å². The number of rotatable bonds is 5. The number of sulfone groups is 1. The van der Waals surface area contributed by atoms with Gasteiger partial charge >= 0.3 is 0 Å². The Kier molecular flexibility index (Phi) is 4.80. The van der Waals surface area contributed by atoms with Crippen molar-refractivity contribution >= 4 is 26.9 Å². The maximum absolute atomic E-state index is 14.9. The minimum Gasteiger partial charge on any atom is -0.377 e. The number of nitrogens with one attached hydrogen (secondary N) is 1. The zero-order valence-corrected chi connectivity index (χ0v) is 17.5. The van der Waals surface area contributed by atoms with Crippen LogP contribution < -0.4 is 11.1 Å². The van der Waals surface area contributed by atoms with Gasteiger partial charge in [0.15, 0.2) is 9.84 Å². The maximum atomic E-state index is 14.9. The summed E-state index contributed by atoms with van der Waals surface area (Å²) in [4.78, 5) is 12.2. The molecule has 2 heterocycles. The molecule has 4 rings (SSSR count). The lowest BCUT2D eigenvalue weighted by molar-refractivity contribution is 0.1000. The number of aromatic nitrogens is 2. The molecule has 2 unspecified atom stereocenters. The van der Waals surface area contributed by atoms with Gasteiger partial charge in [0.1, 0.15) is 5.67 Å². The number of carbonyl (C=O) groups excluding carboxylic acids is 1. The molecule has 1 saturated carbocycles. The summed E-state index contributed by atoms with van der Waals surface area (Å²) in [5, 5.41) is 7.45. The van der Waals surface area contributed by atoms with Crippen molar-refractivity contribution in [3.63, 3.8) is 0 Å². The highest BCUT2D eigenvalue weighted by Gasteiger charge is 2.39.